The Morgan fingerprint density at radius 2 is 1.50 bits per heavy atom. The van der Waals surface area contributed by atoms with Crippen molar-refractivity contribution in [3.63, 3.8) is 0 Å². The molecule has 0 aliphatic heterocycles. The van der Waals surface area contributed by atoms with E-state index in [2.05, 4.69) is 6.92 Å². The minimum Gasteiger partial charge on any atom is -0.294 e. The third kappa shape index (κ3) is 5.66. The van der Waals surface area contributed by atoms with E-state index in [0.717, 1.165) is 24.0 Å². The number of ketones is 1. The second-order valence-electron chi connectivity index (χ2n) is 5.71. The van der Waals surface area contributed by atoms with E-state index in [-0.39, 0.29) is 5.78 Å². The minimum absolute atomic E-state index is 0.187. The van der Waals surface area contributed by atoms with Crippen molar-refractivity contribution in [1.29, 1.82) is 0 Å². The van der Waals surface area contributed by atoms with E-state index in [4.69, 9.17) is 11.6 Å². The Morgan fingerprint density at radius 1 is 0.950 bits per heavy atom. The molecule has 0 fully saturated rings. The molecule has 0 unspecified atom stereocenters. The molecule has 0 radical (unpaired) electrons. The first-order valence-corrected chi connectivity index (χ1v) is 8.24. The standard InChI is InChI=1S/C18H27ClO/c1-4-5-6-7-8-9-10-11-18(20)16-12-14(2)15(3)13-17(16)19/h12-13H,4-11H2,1-3H3. The number of aryl methyl sites for hydroxylation is 2. The molecule has 0 spiro atoms. The van der Waals surface area contributed by atoms with Gasteiger partial charge in [-0.1, -0.05) is 57.0 Å². The molecule has 1 nitrogen and oxygen atoms in total. The highest BCUT2D eigenvalue weighted by molar-refractivity contribution is 6.34. The van der Waals surface area contributed by atoms with Gasteiger partial charge in [-0.15, -0.1) is 0 Å². The fraction of sp³-hybridized carbons (Fsp3) is 0.611. The van der Waals surface area contributed by atoms with Crippen molar-refractivity contribution in [2.45, 2.75) is 72.1 Å². The highest BCUT2D eigenvalue weighted by Gasteiger charge is 2.11. The van der Waals surface area contributed by atoms with E-state index in [0.29, 0.717) is 17.0 Å². The predicted octanol–water partition coefficient (Wildman–Crippen LogP) is 6.28. The number of carbonyl (C=O) groups excluding carboxylic acids is 1. The van der Waals surface area contributed by atoms with Crippen LogP contribution in [0.5, 0.6) is 0 Å². The topological polar surface area (TPSA) is 17.1 Å². The van der Waals surface area contributed by atoms with E-state index in [1.54, 1.807) is 0 Å². The summed E-state index contributed by atoms with van der Waals surface area (Å²) in [6, 6.07) is 3.83. The van der Waals surface area contributed by atoms with Crippen molar-refractivity contribution < 1.29 is 4.79 Å². The molecule has 20 heavy (non-hydrogen) atoms. The number of halogens is 1. The van der Waals surface area contributed by atoms with E-state index in [1.165, 1.54) is 32.1 Å². The van der Waals surface area contributed by atoms with Crippen LogP contribution < -0.4 is 0 Å². The van der Waals surface area contributed by atoms with Gasteiger partial charge in [0.2, 0.25) is 0 Å². The summed E-state index contributed by atoms with van der Waals surface area (Å²) in [6.07, 6.45) is 9.23. The van der Waals surface area contributed by atoms with Gasteiger partial charge in [0.15, 0.2) is 5.78 Å². The van der Waals surface area contributed by atoms with Crippen LogP contribution in [0.4, 0.5) is 0 Å². The molecule has 0 atom stereocenters. The quantitative estimate of drug-likeness (QED) is 0.387. The normalized spacial score (nSPS) is 10.8. The summed E-state index contributed by atoms with van der Waals surface area (Å²) in [5.74, 6) is 0.187. The van der Waals surface area contributed by atoms with Gasteiger partial charge in [-0.25, -0.2) is 0 Å². The maximum atomic E-state index is 12.2. The Bertz CT molecular complexity index is 437. The fourth-order valence-electron chi connectivity index (χ4n) is 2.37. The molecule has 0 aromatic heterocycles. The van der Waals surface area contributed by atoms with Crippen LogP contribution in [-0.4, -0.2) is 5.78 Å². The van der Waals surface area contributed by atoms with Crippen LogP contribution in [0, 0.1) is 13.8 Å². The maximum Gasteiger partial charge on any atom is 0.164 e. The third-order valence-electron chi connectivity index (χ3n) is 3.89. The van der Waals surface area contributed by atoms with Crippen molar-refractivity contribution in [2.75, 3.05) is 0 Å². The first-order chi connectivity index (χ1) is 9.56. The maximum absolute atomic E-state index is 12.2. The van der Waals surface area contributed by atoms with Gasteiger partial charge < -0.3 is 0 Å². The summed E-state index contributed by atoms with van der Waals surface area (Å²) >= 11 is 6.17. The molecular weight excluding hydrogens is 268 g/mol. The van der Waals surface area contributed by atoms with Crippen LogP contribution in [0.1, 0.15) is 79.8 Å². The van der Waals surface area contributed by atoms with Gasteiger partial charge in [-0.2, -0.15) is 0 Å². The lowest BCUT2D eigenvalue weighted by Crippen LogP contribution is -2.01. The van der Waals surface area contributed by atoms with Crippen LogP contribution in [0.25, 0.3) is 0 Å². The van der Waals surface area contributed by atoms with Crippen LogP contribution in [0.15, 0.2) is 12.1 Å². The molecule has 0 heterocycles. The van der Waals surface area contributed by atoms with Crippen molar-refractivity contribution >= 4 is 17.4 Å². The summed E-state index contributed by atoms with van der Waals surface area (Å²) in [6.45, 7) is 6.27. The molecule has 1 aromatic rings. The first-order valence-electron chi connectivity index (χ1n) is 7.86. The molecule has 1 aromatic carbocycles. The second-order valence-corrected chi connectivity index (χ2v) is 6.12. The van der Waals surface area contributed by atoms with Gasteiger partial charge in [0.05, 0.1) is 5.02 Å². The molecule has 0 N–H and O–H groups in total. The van der Waals surface area contributed by atoms with E-state index >= 15 is 0 Å². The van der Waals surface area contributed by atoms with Gasteiger partial charge in [-0.3, -0.25) is 4.79 Å². The monoisotopic (exact) mass is 294 g/mol. The molecule has 0 saturated carbocycles. The number of Topliss-reactive ketones (excluding diaryl/α,β-unsaturated/α-hetero) is 1. The molecule has 0 amide bonds. The molecule has 2 heteroatoms. The van der Waals surface area contributed by atoms with E-state index in [9.17, 15) is 4.79 Å². The Morgan fingerprint density at radius 3 is 2.15 bits per heavy atom. The zero-order chi connectivity index (χ0) is 15.0. The molecule has 112 valence electrons. The third-order valence-corrected chi connectivity index (χ3v) is 4.20. The Hall–Kier alpha value is -0.820. The lowest BCUT2D eigenvalue weighted by molar-refractivity contribution is 0.0979. The van der Waals surface area contributed by atoms with Crippen molar-refractivity contribution in [1.82, 2.24) is 0 Å². The highest BCUT2D eigenvalue weighted by atomic mass is 35.5. The SMILES string of the molecule is CCCCCCCCCC(=O)c1cc(C)c(C)cc1Cl. The van der Waals surface area contributed by atoms with Gasteiger partial charge >= 0.3 is 0 Å². The largest absolute Gasteiger partial charge is 0.294 e. The Balaban J connectivity index is 2.34. The Kier molecular flexibility index (Phi) is 7.91. The zero-order valence-corrected chi connectivity index (χ0v) is 13.9. The number of hydrogen-bond donors (Lipinski definition) is 0. The number of rotatable bonds is 9. The summed E-state index contributed by atoms with van der Waals surface area (Å²) in [7, 11) is 0. The number of carbonyl (C=O) groups is 1. The molecule has 0 bridgehead atoms. The average molecular weight is 295 g/mol. The summed E-state index contributed by atoms with van der Waals surface area (Å²) in [5, 5.41) is 0.598. The van der Waals surface area contributed by atoms with Crippen LogP contribution in [0.2, 0.25) is 5.02 Å². The van der Waals surface area contributed by atoms with Gasteiger partial charge in [0.25, 0.3) is 0 Å². The lowest BCUT2D eigenvalue weighted by atomic mass is 9.99. The predicted molar refractivity (Wildman–Crippen MR) is 87.9 cm³/mol. The molecule has 1 rings (SSSR count). The van der Waals surface area contributed by atoms with Gasteiger partial charge in [0.1, 0.15) is 0 Å². The number of benzene rings is 1. The molecule has 0 saturated heterocycles. The second kappa shape index (κ2) is 9.18. The van der Waals surface area contributed by atoms with Crippen LogP contribution in [0.3, 0.4) is 0 Å². The summed E-state index contributed by atoms with van der Waals surface area (Å²) < 4.78 is 0. The lowest BCUT2D eigenvalue weighted by Gasteiger charge is -2.07. The Labute approximate surface area is 128 Å². The van der Waals surface area contributed by atoms with Crippen molar-refractivity contribution in [2.24, 2.45) is 0 Å². The van der Waals surface area contributed by atoms with E-state index < -0.39 is 0 Å². The highest BCUT2D eigenvalue weighted by Crippen LogP contribution is 2.23. The zero-order valence-electron chi connectivity index (χ0n) is 13.1. The van der Waals surface area contributed by atoms with Crippen LogP contribution in [-0.2, 0) is 0 Å². The first kappa shape index (κ1) is 17.2. The van der Waals surface area contributed by atoms with Gasteiger partial charge in [-0.05, 0) is 43.5 Å². The summed E-state index contributed by atoms with van der Waals surface area (Å²) in [5.41, 5.74) is 2.97. The van der Waals surface area contributed by atoms with Crippen molar-refractivity contribution in [3.8, 4) is 0 Å². The fourth-order valence-corrected chi connectivity index (χ4v) is 2.70. The minimum atomic E-state index is 0.187. The van der Waals surface area contributed by atoms with Gasteiger partial charge in [0, 0.05) is 12.0 Å². The molecule has 0 aliphatic carbocycles. The van der Waals surface area contributed by atoms with Crippen LogP contribution >= 0.6 is 11.6 Å². The molecule has 0 aliphatic rings. The van der Waals surface area contributed by atoms with Crippen molar-refractivity contribution in [3.05, 3.63) is 33.8 Å². The number of unbranched alkanes of at least 4 members (excludes halogenated alkanes) is 6. The molecular formula is C18H27ClO. The number of hydrogen-bond acceptors (Lipinski definition) is 1. The average Bonchev–Trinajstić information content (AvgIpc) is 2.41. The smallest absolute Gasteiger partial charge is 0.164 e. The van der Waals surface area contributed by atoms with E-state index in [1.807, 2.05) is 26.0 Å². The summed E-state index contributed by atoms with van der Waals surface area (Å²) in [4.78, 5) is 12.2.